The quantitative estimate of drug-likeness (QED) is 0.805. The maximum Gasteiger partial charge on any atom is 0.300 e. The minimum atomic E-state index is 0.551. The van der Waals surface area contributed by atoms with E-state index in [1.165, 1.54) is 13.0 Å². The first-order valence-corrected chi connectivity index (χ1v) is 7.00. The Bertz CT molecular complexity index is 599. The van der Waals surface area contributed by atoms with E-state index in [2.05, 4.69) is 35.7 Å². The normalized spacial score (nSPS) is 27.1. The number of anilines is 1. The Morgan fingerprint density at radius 1 is 1.33 bits per heavy atom. The second kappa shape index (κ2) is 3.93. The van der Waals surface area contributed by atoms with Gasteiger partial charge in [-0.05, 0) is 28.4 Å². The average molecular weight is 309 g/mol. The van der Waals surface area contributed by atoms with Crippen molar-refractivity contribution in [1.82, 2.24) is 14.9 Å². The van der Waals surface area contributed by atoms with Gasteiger partial charge >= 0.3 is 0 Å². The van der Waals surface area contributed by atoms with Crippen LogP contribution in [-0.4, -0.2) is 47.1 Å². The number of piperazine rings is 1. The summed E-state index contributed by atoms with van der Waals surface area (Å²) in [6.07, 6.45) is 2.95. The Morgan fingerprint density at radius 3 is 3.22 bits per heavy atom. The highest BCUT2D eigenvalue weighted by molar-refractivity contribution is 9.10. The zero-order valence-corrected chi connectivity index (χ0v) is 11.4. The largest absolute Gasteiger partial charge is 0.404 e. The van der Waals surface area contributed by atoms with Crippen LogP contribution in [0.25, 0.3) is 11.2 Å². The van der Waals surface area contributed by atoms with E-state index in [4.69, 9.17) is 4.42 Å². The molecule has 0 N–H and O–H groups in total. The van der Waals surface area contributed by atoms with Crippen LogP contribution in [0.15, 0.2) is 21.2 Å². The summed E-state index contributed by atoms with van der Waals surface area (Å²) < 4.78 is 6.71. The van der Waals surface area contributed by atoms with Gasteiger partial charge in [0, 0.05) is 42.9 Å². The lowest BCUT2D eigenvalue weighted by Gasteiger charge is -2.32. The topological polar surface area (TPSA) is 45.4 Å². The third-order valence-electron chi connectivity index (χ3n) is 3.79. The van der Waals surface area contributed by atoms with E-state index in [0.29, 0.717) is 11.8 Å². The summed E-state index contributed by atoms with van der Waals surface area (Å²) in [5.41, 5.74) is 1.44. The van der Waals surface area contributed by atoms with Crippen LogP contribution in [-0.2, 0) is 0 Å². The lowest BCUT2D eigenvalue weighted by atomic mass is 10.2. The summed E-state index contributed by atoms with van der Waals surface area (Å²) in [5, 5.41) is 0. The van der Waals surface area contributed by atoms with Crippen LogP contribution in [0.3, 0.4) is 0 Å². The molecule has 2 saturated heterocycles. The zero-order chi connectivity index (χ0) is 12.1. The van der Waals surface area contributed by atoms with Crippen molar-refractivity contribution in [2.45, 2.75) is 12.5 Å². The van der Waals surface area contributed by atoms with E-state index in [1.54, 1.807) is 6.20 Å². The lowest BCUT2D eigenvalue weighted by Crippen LogP contribution is -2.46. The Kier molecular flexibility index (Phi) is 2.35. The van der Waals surface area contributed by atoms with Gasteiger partial charge in [0.1, 0.15) is 5.52 Å². The van der Waals surface area contributed by atoms with Crippen molar-refractivity contribution in [2.75, 3.05) is 31.1 Å². The molecular formula is C12H13BrN4O. The first-order valence-electron chi connectivity index (χ1n) is 6.21. The first kappa shape index (κ1) is 10.8. The predicted molar refractivity (Wildman–Crippen MR) is 71.7 cm³/mol. The molecule has 2 fully saturated rings. The van der Waals surface area contributed by atoms with Crippen LogP contribution in [0.4, 0.5) is 6.01 Å². The third-order valence-corrected chi connectivity index (χ3v) is 4.23. The van der Waals surface area contributed by atoms with Crippen LogP contribution in [0.1, 0.15) is 6.42 Å². The van der Waals surface area contributed by atoms with Crippen LogP contribution >= 0.6 is 15.9 Å². The number of oxazole rings is 1. The molecule has 2 bridgehead atoms. The van der Waals surface area contributed by atoms with Gasteiger partial charge in [-0.2, -0.15) is 4.98 Å². The van der Waals surface area contributed by atoms with Crippen LogP contribution < -0.4 is 4.90 Å². The van der Waals surface area contributed by atoms with Gasteiger partial charge in [0.2, 0.25) is 5.71 Å². The minimum Gasteiger partial charge on any atom is -0.404 e. The van der Waals surface area contributed by atoms with Gasteiger partial charge in [-0.25, -0.2) is 4.98 Å². The SMILES string of the molecule is Brc1cnc2oc(N3CCN4CC[C@@H]3C4)nc2c1. The summed E-state index contributed by atoms with van der Waals surface area (Å²) in [6, 6.07) is 3.22. The maximum atomic E-state index is 5.78. The molecule has 0 amide bonds. The molecule has 5 nitrogen and oxygen atoms in total. The van der Waals surface area contributed by atoms with E-state index in [0.717, 1.165) is 35.6 Å². The standard InChI is InChI=1S/C12H13BrN4O/c13-8-5-10-11(14-6-8)18-12(15-10)17-4-3-16-2-1-9(17)7-16/h5-6,9H,1-4,7H2/t9-/m1/s1. The van der Waals surface area contributed by atoms with Crippen molar-refractivity contribution in [3.8, 4) is 0 Å². The fraction of sp³-hybridized carbons (Fsp3) is 0.500. The molecule has 2 aromatic rings. The highest BCUT2D eigenvalue weighted by atomic mass is 79.9. The van der Waals surface area contributed by atoms with Crippen molar-refractivity contribution < 1.29 is 4.42 Å². The molecule has 0 spiro atoms. The van der Waals surface area contributed by atoms with Gasteiger partial charge in [-0.1, -0.05) is 0 Å². The fourth-order valence-electron chi connectivity index (χ4n) is 2.86. The molecule has 0 aliphatic carbocycles. The van der Waals surface area contributed by atoms with Crippen molar-refractivity contribution in [3.63, 3.8) is 0 Å². The molecule has 2 aliphatic rings. The van der Waals surface area contributed by atoms with Gasteiger partial charge in [0.25, 0.3) is 6.01 Å². The number of hydrogen-bond acceptors (Lipinski definition) is 5. The van der Waals surface area contributed by atoms with E-state index in [9.17, 15) is 0 Å². The van der Waals surface area contributed by atoms with Crippen LogP contribution in [0.5, 0.6) is 0 Å². The number of hydrogen-bond donors (Lipinski definition) is 0. The highest BCUT2D eigenvalue weighted by Crippen LogP contribution is 2.29. The van der Waals surface area contributed by atoms with Gasteiger partial charge in [0.15, 0.2) is 0 Å². The number of nitrogens with zero attached hydrogens (tertiary/aromatic N) is 4. The van der Waals surface area contributed by atoms with Crippen molar-refractivity contribution >= 4 is 33.2 Å². The Labute approximate surface area is 113 Å². The minimum absolute atomic E-state index is 0.551. The van der Waals surface area contributed by atoms with Gasteiger partial charge in [0.05, 0.1) is 0 Å². The van der Waals surface area contributed by atoms with Crippen LogP contribution in [0.2, 0.25) is 0 Å². The molecule has 2 atom stereocenters. The molecule has 6 heteroatoms. The van der Waals surface area contributed by atoms with Gasteiger partial charge in [-0.15, -0.1) is 0 Å². The molecule has 4 heterocycles. The molecule has 4 rings (SSSR count). The molecule has 2 aromatic heterocycles. The number of fused-ring (bicyclic) bond motifs is 3. The highest BCUT2D eigenvalue weighted by Gasteiger charge is 2.34. The summed E-state index contributed by atoms with van der Waals surface area (Å²) in [4.78, 5) is 13.6. The smallest absolute Gasteiger partial charge is 0.300 e. The molecule has 1 unspecified atom stereocenters. The number of aromatic nitrogens is 2. The molecule has 18 heavy (non-hydrogen) atoms. The monoisotopic (exact) mass is 308 g/mol. The van der Waals surface area contributed by atoms with E-state index in [-0.39, 0.29) is 0 Å². The van der Waals surface area contributed by atoms with Gasteiger partial charge < -0.3 is 9.32 Å². The molecular weight excluding hydrogens is 296 g/mol. The summed E-state index contributed by atoms with van der Waals surface area (Å²) in [5.74, 6) is 0. The summed E-state index contributed by atoms with van der Waals surface area (Å²) in [6.45, 7) is 4.44. The molecule has 0 aromatic carbocycles. The Hall–Kier alpha value is -1.14. The molecule has 94 valence electrons. The predicted octanol–water partition coefficient (Wildman–Crippen LogP) is 1.88. The summed E-state index contributed by atoms with van der Waals surface area (Å²) >= 11 is 3.41. The second-order valence-electron chi connectivity index (χ2n) is 4.91. The van der Waals surface area contributed by atoms with Crippen molar-refractivity contribution in [1.29, 1.82) is 0 Å². The molecule has 0 saturated carbocycles. The maximum absolute atomic E-state index is 5.78. The average Bonchev–Trinajstić information content (AvgIpc) is 2.94. The Balaban J connectivity index is 1.73. The second-order valence-corrected chi connectivity index (χ2v) is 5.83. The Morgan fingerprint density at radius 2 is 2.28 bits per heavy atom. The first-order chi connectivity index (χ1) is 8.79. The van der Waals surface area contributed by atoms with E-state index >= 15 is 0 Å². The summed E-state index contributed by atoms with van der Waals surface area (Å²) in [7, 11) is 0. The fourth-order valence-corrected chi connectivity index (χ4v) is 3.18. The van der Waals surface area contributed by atoms with Crippen molar-refractivity contribution in [2.24, 2.45) is 0 Å². The molecule has 0 radical (unpaired) electrons. The van der Waals surface area contributed by atoms with Crippen LogP contribution in [0, 0.1) is 0 Å². The van der Waals surface area contributed by atoms with Gasteiger partial charge in [-0.3, -0.25) is 4.90 Å². The third kappa shape index (κ3) is 1.63. The lowest BCUT2D eigenvalue weighted by molar-refractivity contribution is 0.304. The molecule has 2 aliphatic heterocycles. The number of pyridine rings is 1. The zero-order valence-electron chi connectivity index (χ0n) is 9.84. The number of rotatable bonds is 1. The van der Waals surface area contributed by atoms with E-state index in [1.807, 2.05) is 6.07 Å². The van der Waals surface area contributed by atoms with Crippen molar-refractivity contribution in [3.05, 3.63) is 16.7 Å². The van der Waals surface area contributed by atoms with E-state index < -0.39 is 0 Å². The number of halogens is 1.